The van der Waals surface area contributed by atoms with Crippen LogP contribution in [0.1, 0.15) is 0 Å². The number of nitrogens with two attached hydrogens (primary N) is 1. The lowest BCUT2D eigenvalue weighted by Crippen LogP contribution is -2.14. The third-order valence-electron chi connectivity index (χ3n) is 1.86. The number of nitrogens with zero attached hydrogens (tertiary/aromatic N) is 2. The molecule has 0 aliphatic heterocycles. The molecule has 0 aromatic carbocycles. The van der Waals surface area contributed by atoms with Crippen LogP contribution in [0.3, 0.4) is 0 Å². The quantitative estimate of drug-likeness (QED) is 0.821. The van der Waals surface area contributed by atoms with Gasteiger partial charge in [0.25, 0.3) is 0 Å². The largest absolute Gasteiger partial charge is 0.353 e. The van der Waals surface area contributed by atoms with E-state index in [0.29, 0.717) is 19.0 Å². The van der Waals surface area contributed by atoms with E-state index < -0.39 is 0 Å². The van der Waals surface area contributed by atoms with Crippen LogP contribution in [-0.4, -0.2) is 23.1 Å². The van der Waals surface area contributed by atoms with Gasteiger partial charge in [0.15, 0.2) is 0 Å². The Balaban J connectivity index is 2.19. The average Bonchev–Trinajstić information content (AvgIpc) is 2.80. The van der Waals surface area contributed by atoms with Crippen molar-refractivity contribution in [3.05, 3.63) is 29.8 Å². The van der Waals surface area contributed by atoms with Crippen LogP contribution in [0.5, 0.6) is 0 Å². The highest BCUT2D eigenvalue weighted by Crippen LogP contribution is 2.22. The van der Waals surface area contributed by atoms with Crippen LogP contribution in [0.25, 0.3) is 10.6 Å². The first kappa shape index (κ1) is 10.1. The van der Waals surface area contributed by atoms with Crippen molar-refractivity contribution in [1.29, 1.82) is 0 Å². The van der Waals surface area contributed by atoms with Crippen molar-refractivity contribution in [1.82, 2.24) is 9.97 Å². The molecule has 0 unspecified atom stereocenters. The Morgan fingerprint density at radius 1 is 1.40 bits per heavy atom. The standard InChI is InChI=1S/C10H12N4S/c11-4-6-13-10-12-5-3-8(14-10)9-2-1-7-15-9/h1-3,5,7H,4,6,11H2,(H,12,13,14). The summed E-state index contributed by atoms with van der Waals surface area (Å²) in [5, 5.41) is 5.09. The molecule has 2 rings (SSSR count). The molecule has 2 heterocycles. The predicted molar refractivity (Wildman–Crippen MR) is 62.9 cm³/mol. The number of thiophene rings is 1. The Kier molecular flexibility index (Phi) is 3.26. The van der Waals surface area contributed by atoms with Crippen molar-refractivity contribution < 1.29 is 0 Å². The van der Waals surface area contributed by atoms with Gasteiger partial charge in [0.05, 0.1) is 10.6 Å². The van der Waals surface area contributed by atoms with E-state index in [2.05, 4.69) is 15.3 Å². The Morgan fingerprint density at radius 2 is 2.33 bits per heavy atom. The highest BCUT2D eigenvalue weighted by atomic mass is 32.1. The van der Waals surface area contributed by atoms with E-state index in [4.69, 9.17) is 5.73 Å². The normalized spacial score (nSPS) is 10.2. The molecule has 2 aromatic rings. The Labute approximate surface area is 92.2 Å². The first-order valence-electron chi connectivity index (χ1n) is 4.71. The SMILES string of the molecule is NCCNc1nccc(-c2cccs2)n1. The van der Waals surface area contributed by atoms with Crippen LogP contribution < -0.4 is 11.1 Å². The summed E-state index contributed by atoms with van der Waals surface area (Å²) in [6, 6.07) is 5.95. The summed E-state index contributed by atoms with van der Waals surface area (Å²) in [5.41, 5.74) is 6.34. The fourth-order valence-corrected chi connectivity index (χ4v) is 1.88. The average molecular weight is 220 g/mol. The zero-order valence-electron chi connectivity index (χ0n) is 8.18. The van der Waals surface area contributed by atoms with E-state index in [0.717, 1.165) is 10.6 Å². The van der Waals surface area contributed by atoms with Gasteiger partial charge in [-0.05, 0) is 17.5 Å². The molecule has 0 aliphatic rings. The topological polar surface area (TPSA) is 63.8 Å². The molecule has 0 aliphatic carbocycles. The Bertz CT molecular complexity index is 413. The molecule has 2 aromatic heterocycles. The second-order valence-corrected chi connectivity index (χ2v) is 3.91. The zero-order valence-corrected chi connectivity index (χ0v) is 9.00. The van der Waals surface area contributed by atoms with Crippen molar-refractivity contribution in [3.63, 3.8) is 0 Å². The van der Waals surface area contributed by atoms with Crippen LogP contribution in [0.2, 0.25) is 0 Å². The van der Waals surface area contributed by atoms with Crippen molar-refractivity contribution in [2.24, 2.45) is 5.73 Å². The molecular formula is C10H12N4S. The van der Waals surface area contributed by atoms with Crippen LogP contribution in [0.15, 0.2) is 29.8 Å². The molecule has 0 saturated heterocycles. The lowest BCUT2D eigenvalue weighted by Gasteiger charge is -2.03. The minimum atomic E-state index is 0.576. The highest BCUT2D eigenvalue weighted by molar-refractivity contribution is 7.13. The maximum atomic E-state index is 5.39. The molecule has 0 spiro atoms. The molecule has 78 valence electrons. The van der Waals surface area contributed by atoms with Crippen molar-refractivity contribution in [2.75, 3.05) is 18.4 Å². The van der Waals surface area contributed by atoms with Crippen LogP contribution >= 0.6 is 11.3 Å². The number of nitrogens with one attached hydrogen (secondary N) is 1. The van der Waals surface area contributed by atoms with Crippen LogP contribution in [0, 0.1) is 0 Å². The molecule has 0 atom stereocenters. The van der Waals surface area contributed by atoms with E-state index in [-0.39, 0.29) is 0 Å². The molecule has 0 fully saturated rings. The summed E-state index contributed by atoms with van der Waals surface area (Å²) in [5.74, 6) is 0.631. The minimum absolute atomic E-state index is 0.576. The van der Waals surface area contributed by atoms with Gasteiger partial charge in [0, 0.05) is 19.3 Å². The summed E-state index contributed by atoms with van der Waals surface area (Å²) >= 11 is 1.67. The molecule has 0 bridgehead atoms. The van der Waals surface area contributed by atoms with Crippen molar-refractivity contribution in [3.8, 4) is 10.6 Å². The van der Waals surface area contributed by atoms with Gasteiger partial charge in [-0.1, -0.05) is 6.07 Å². The van der Waals surface area contributed by atoms with E-state index >= 15 is 0 Å². The molecule has 15 heavy (non-hydrogen) atoms. The van der Waals surface area contributed by atoms with Gasteiger partial charge in [0.1, 0.15) is 0 Å². The number of hydrogen-bond donors (Lipinski definition) is 2. The maximum Gasteiger partial charge on any atom is 0.223 e. The zero-order chi connectivity index (χ0) is 10.5. The number of rotatable bonds is 4. The summed E-state index contributed by atoms with van der Waals surface area (Å²) in [6.45, 7) is 1.26. The lowest BCUT2D eigenvalue weighted by molar-refractivity contribution is 0.991. The first-order chi connectivity index (χ1) is 7.40. The fourth-order valence-electron chi connectivity index (χ4n) is 1.19. The number of aromatic nitrogens is 2. The highest BCUT2D eigenvalue weighted by Gasteiger charge is 2.01. The Hall–Kier alpha value is -1.46. The fraction of sp³-hybridized carbons (Fsp3) is 0.200. The van der Waals surface area contributed by atoms with E-state index in [1.807, 2.05) is 23.6 Å². The van der Waals surface area contributed by atoms with E-state index in [1.165, 1.54) is 0 Å². The molecule has 5 heteroatoms. The van der Waals surface area contributed by atoms with E-state index in [1.54, 1.807) is 17.5 Å². The predicted octanol–water partition coefficient (Wildman–Crippen LogP) is 1.58. The molecule has 4 nitrogen and oxygen atoms in total. The van der Waals surface area contributed by atoms with Gasteiger partial charge >= 0.3 is 0 Å². The van der Waals surface area contributed by atoms with Crippen molar-refractivity contribution in [2.45, 2.75) is 0 Å². The first-order valence-corrected chi connectivity index (χ1v) is 5.59. The molecule has 0 saturated carbocycles. The van der Waals surface area contributed by atoms with Gasteiger partial charge < -0.3 is 11.1 Å². The maximum absolute atomic E-state index is 5.39. The second kappa shape index (κ2) is 4.86. The minimum Gasteiger partial charge on any atom is -0.353 e. The summed E-state index contributed by atoms with van der Waals surface area (Å²) < 4.78 is 0. The smallest absolute Gasteiger partial charge is 0.223 e. The molecule has 0 radical (unpaired) electrons. The summed E-state index contributed by atoms with van der Waals surface area (Å²) in [4.78, 5) is 9.65. The summed E-state index contributed by atoms with van der Waals surface area (Å²) in [6.07, 6.45) is 1.75. The number of anilines is 1. The Morgan fingerprint density at radius 3 is 3.07 bits per heavy atom. The second-order valence-electron chi connectivity index (χ2n) is 2.96. The van der Waals surface area contributed by atoms with Gasteiger partial charge in [-0.2, -0.15) is 0 Å². The van der Waals surface area contributed by atoms with Gasteiger partial charge in [-0.25, -0.2) is 9.97 Å². The molecule has 0 amide bonds. The molecule has 3 N–H and O–H groups in total. The van der Waals surface area contributed by atoms with Crippen LogP contribution in [-0.2, 0) is 0 Å². The molecular weight excluding hydrogens is 208 g/mol. The van der Waals surface area contributed by atoms with E-state index in [9.17, 15) is 0 Å². The van der Waals surface area contributed by atoms with Gasteiger partial charge in [-0.3, -0.25) is 0 Å². The van der Waals surface area contributed by atoms with Gasteiger partial charge in [-0.15, -0.1) is 11.3 Å². The van der Waals surface area contributed by atoms with Crippen LogP contribution in [0.4, 0.5) is 5.95 Å². The third kappa shape index (κ3) is 2.51. The lowest BCUT2D eigenvalue weighted by atomic mass is 10.3. The summed E-state index contributed by atoms with van der Waals surface area (Å²) in [7, 11) is 0. The third-order valence-corrected chi connectivity index (χ3v) is 2.75. The van der Waals surface area contributed by atoms with Gasteiger partial charge in [0.2, 0.25) is 5.95 Å². The number of hydrogen-bond acceptors (Lipinski definition) is 5. The van der Waals surface area contributed by atoms with Crippen molar-refractivity contribution >= 4 is 17.3 Å². The monoisotopic (exact) mass is 220 g/mol.